The van der Waals surface area contributed by atoms with Crippen LogP contribution in [0.2, 0.25) is 0 Å². The zero-order chi connectivity index (χ0) is 20.1. The third kappa shape index (κ3) is 16.0. The van der Waals surface area contributed by atoms with Gasteiger partial charge in [-0.05, 0) is 41.6 Å². The van der Waals surface area contributed by atoms with Crippen molar-refractivity contribution in [2.24, 2.45) is 0 Å². The summed E-state index contributed by atoms with van der Waals surface area (Å²) in [5, 5.41) is 0. The Morgan fingerprint density at radius 1 is 0.692 bits per heavy atom. The van der Waals surface area contributed by atoms with Crippen LogP contribution in [0.25, 0.3) is 0 Å². The van der Waals surface area contributed by atoms with E-state index in [-0.39, 0.29) is 41.1 Å². The van der Waals surface area contributed by atoms with E-state index in [4.69, 9.17) is 9.47 Å². The van der Waals surface area contributed by atoms with Crippen LogP contribution in [0.15, 0.2) is 18.2 Å². The van der Waals surface area contributed by atoms with Crippen molar-refractivity contribution in [3.05, 3.63) is 29.3 Å². The third-order valence-electron chi connectivity index (χ3n) is 2.26. The van der Waals surface area contributed by atoms with Crippen LogP contribution in [0, 0.1) is 0 Å². The molecule has 1 aromatic carbocycles. The molecule has 26 heavy (non-hydrogen) atoms. The zero-order valence-corrected chi connectivity index (χ0v) is 17.1. The number of ether oxygens (including phenoxy) is 2. The van der Waals surface area contributed by atoms with E-state index in [1.165, 1.54) is 0 Å². The second kappa shape index (κ2) is 15.8. The number of alkyl halides is 6. The van der Waals surface area contributed by atoms with Crippen molar-refractivity contribution in [2.45, 2.75) is 40.0 Å². The first-order chi connectivity index (χ1) is 11.4. The van der Waals surface area contributed by atoms with E-state index < -0.39 is 31.3 Å². The Labute approximate surface area is 174 Å². The molecule has 2 nitrogen and oxygen atoms in total. The van der Waals surface area contributed by atoms with E-state index >= 15 is 0 Å². The molecule has 0 saturated heterocycles. The van der Waals surface area contributed by atoms with Gasteiger partial charge < -0.3 is 9.47 Å². The zero-order valence-electron chi connectivity index (χ0n) is 15.1. The minimum atomic E-state index is -4.72. The molecule has 0 aliphatic carbocycles. The Balaban J connectivity index is -0.000000401. The van der Waals surface area contributed by atoms with Crippen LogP contribution < -0.4 is 35.0 Å². The molecule has 0 aromatic heterocycles. The summed E-state index contributed by atoms with van der Waals surface area (Å²) in [5.74, 6) is 0. The summed E-state index contributed by atoms with van der Waals surface area (Å²) >= 11 is 0. The van der Waals surface area contributed by atoms with Crippen LogP contribution in [-0.2, 0) is 21.8 Å². The smallest absolute Gasteiger partial charge is 0.382 e. The van der Waals surface area contributed by atoms with E-state index in [0.29, 0.717) is 0 Å². The Morgan fingerprint density at radius 2 is 0.962 bits per heavy atom. The summed E-state index contributed by atoms with van der Waals surface area (Å²) < 4.78 is 82.8. The van der Waals surface area contributed by atoms with E-state index in [2.05, 4.69) is 0 Å². The second-order valence-corrected chi connectivity index (χ2v) is 4.07. The van der Waals surface area contributed by atoms with Gasteiger partial charge in [-0.25, -0.2) is 5.46 Å². The predicted octanol–water partition coefficient (Wildman–Crippen LogP) is 0.804. The van der Waals surface area contributed by atoms with Crippen LogP contribution in [0.4, 0.5) is 26.3 Å². The molecule has 0 bridgehead atoms. The molecule has 1 aromatic rings. The van der Waals surface area contributed by atoms with Crippen molar-refractivity contribution in [3.63, 3.8) is 0 Å². The predicted molar refractivity (Wildman–Crippen MR) is 90.4 cm³/mol. The van der Waals surface area contributed by atoms with Gasteiger partial charge in [0.05, 0.1) is 11.1 Å². The van der Waals surface area contributed by atoms with Crippen LogP contribution >= 0.6 is 0 Å². The molecular weight excluding hydrogens is 372 g/mol. The van der Waals surface area contributed by atoms with E-state index in [9.17, 15) is 26.3 Å². The molecule has 1 rings (SSSR count). The van der Waals surface area contributed by atoms with Crippen LogP contribution in [0.3, 0.4) is 0 Å². The van der Waals surface area contributed by atoms with Gasteiger partial charge in [0.25, 0.3) is 0 Å². The molecule has 0 atom stereocenters. The van der Waals surface area contributed by atoms with E-state index in [1.54, 1.807) is 0 Å². The maximum absolute atomic E-state index is 12.2. The molecule has 0 saturated carbocycles. The average molecular weight is 398 g/mol. The normalized spacial score (nSPS) is 10.7. The minimum absolute atomic E-state index is 0. The first-order valence-corrected chi connectivity index (χ1v) is 7.35. The van der Waals surface area contributed by atoms with Gasteiger partial charge in [-0.3, -0.25) is 0 Å². The molecule has 0 N–H and O–H groups in total. The first kappa shape index (κ1) is 30.5. The van der Waals surface area contributed by atoms with Gasteiger partial charge in [-0.2, -0.15) is 26.3 Å². The Kier molecular flexibility index (Phi) is 18.5. The minimum Gasteiger partial charge on any atom is -0.382 e. The SMILES string of the molecule is CCOCC.CCOCC.[BH3-]c1cc(C(F)(F)F)cc(C(F)(F)F)c1.[Na+]. The molecule has 148 valence electrons. The topological polar surface area (TPSA) is 18.5 Å². The summed E-state index contributed by atoms with van der Waals surface area (Å²) in [4.78, 5) is 0. The first-order valence-electron chi connectivity index (χ1n) is 7.35. The van der Waals surface area contributed by atoms with E-state index in [0.717, 1.165) is 38.6 Å². The fourth-order valence-corrected chi connectivity index (χ4v) is 1.21. The van der Waals surface area contributed by atoms with Crippen LogP contribution in [-0.4, -0.2) is 34.3 Å². The molecule has 0 aliphatic rings. The molecule has 0 fully saturated rings. The van der Waals surface area contributed by atoms with Gasteiger partial charge in [0.15, 0.2) is 0 Å². The van der Waals surface area contributed by atoms with Gasteiger partial charge in [0, 0.05) is 26.4 Å². The van der Waals surface area contributed by atoms with Gasteiger partial charge in [0.2, 0.25) is 0 Å². The van der Waals surface area contributed by atoms with Gasteiger partial charge in [-0.1, -0.05) is 12.1 Å². The molecule has 0 unspecified atom stereocenters. The Morgan fingerprint density at radius 3 is 1.12 bits per heavy atom. The number of benzene rings is 1. The fourth-order valence-electron chi connectivity index (χ4n) is 1.21. The second-order valence-electron chi connectivity index (χ2n) is 4.07. The molecule has 0 heterocycles. The van der Waals surface area contributed by atoms with E-state index in [1.807, 2.05) is 27.7 Å². The monoisotopic (exact) mass is 398 g/mol. The number of rotatable bonds is 4. The van der Waals surface area contributed by atoms with Crippen molar-refractivity contribution in [2.75, 3.05) is 26.4 Å². The molecule has 10 heteroatoms. The maximum Gasteiger partial charge on any atom is 1.00 e. The van der Waals surface area contributed by atoms with Gasteiger partial charge >= 0.3 is 41.9 Å². The van der Waals surface area contributed by atoms with Crippen molar-refractivity contribution in [1.29, 1.82) is 0 Å². The molecule has 0 amide bonds. The van der Waals surface area contributed by atoms with Gasteiger partial charge in [-0.15, -0.1) is 0 Å². The van der Waals surface area contributed by atoms with Crippen molar-refractivity contribution < 1.29 is 65.4 Å². The molecule has 0 aliphatic heterocycles. The quantitative estimate of drug-likeness (QED) is 0.552. The summed E-state index contributed by atoms with van der Waals surface area (Å²) in [5.41, 5.74) is -2.26. The fraction of sp³-hybridized carbons (Fsp3) is 0.625. The largest absolute Gasteiger partial charge is 1.00 e. The number of hydrogen-bond acceptors (Lipinski definition) is 2. The molecule has 0 spiro atoms. The maximum atomic E-state index is 12.2. The summed E-state index contributed by atoms with van der Waals surface area (Å²) in [6, 6.07) is 1.72. The number of halogens is 6. The van der Waals surface area contributed by atoms with Crippen LogP contribution in [0.5, 0.6) is 0 Å². The summed E-state index contributed by atoms with van der Waals surface area (Å²) in [6.07, 6.45) is -9.44. The third-order valence-corrected chi connectivity index (χ3v) is 2.26. The summed E-state index contributed by atoms with van der Waals surface area (Å²) in [6.45, 7) is 11.3. The number of hydrogen-bond donors (Lipinski definition) is 0. The summed E-state index contributed by atoms with van der Waals surface area (Å²) in [7, 11) is -0.699. The van der Waals surface area contributed by atoms with Gasteiger partial charge in [0.1, 0.15) is 0 Å². The Bertz CT molecular complexity index is 425. The Hall–Kier alpha value is -0.215. The van der Waals surface area contributed by atoms with Crippen molar-refractivity contribution >= 4 is 13.3 Å². The van der Waals surface area contributed by atoms with Crippen molar-refractivity contribution in [1.82, 2.24) is 0 Å². The standard InChI is InChI=1S/C8H6BF6.2C4H10O.Na/c9-6-2-4(7(10,11)12)1-5(3-6)8(13,14)15;2*1-3-5-4-2;/h1-3H,9H3;2*3-4H2,1-2H3;/q-1;;;+1. The van der Waals surface area contributed by atoms with Crippen LogP contribution in [0.1, 0.15) is 38.8 Å². The molecule has 0 radical (unpaired) electrons. The van der Waals surface area contributed by atoms with Crippen molar-refractivity contribution in [3.8, 4) is 0 Å². The average Bonchev–Trinajstić information content (AvgIpc) is 2.48. The molecular formula is C16H26BF6NaO2.